The zero-order valence-electron chi connectivity index (χ0n) is 12.9. The fourth-order valence-electron chi connectivity index (χ4n) is 2.48. The normalized spacial score (nSPS) is 10.7. The Labute approximate surface area is 133 Å². The molecule has 0 aromatic heterocycles. The van der Waals surface area contributed by atoms with Crippen LogP contribution in [0.25, 0.3) is 0 Å². The molecular weight excluding hydrogens is 312 g/mol. The fraction of sp³-hybridized carbons (Fsp3) is 0.667. The SMILES string of the molecule is CCOc1ccccc1CCCCCCCCCCBr. The van der Waals surface area contributed by atoms with E-state index in [0.29, 0.717) is 0 Å². The third-order valence-corrected chi connectivity index (χ3v) is 4.16. The predicted octanol–water partition coefficient (Wildman–Crippen LogP) is 6.14. The number of aryl methyl sites for hydroxylation is 1. The number of halogens is 1. The van der Waals surface area contributed by atoms with E-state index in [1.807, 2.05) is 6.92 Å². The number of hydrogen-bond donors (Lipinski definition) is 0. The maximum atomic E-state index is 5.67. The summed E-state index contributed by atoms with van der Waals surface area (Å²) in [5.41, 5.74) is 1.37. The van der Waals surface area contributed by atoms with Gasteiger partial charge >= 0.3 is 0 Å². The van der Waals surface area contributed by atoms with Gasteiger partial charge in [-0.05, 0) is 37.8 Å². The van der Waals surface area contributed by atoms with E-state index in [2.05, 4.69) is 40.2 Å². The summed E-state index contributed by atoms with van der Waals surface area (Å²) < 4.78 is 5.67. The number of hydrogen-bond acceptors (Lipinski definition) is 1. The second kappa shape index (κ2) is 12.3. The highest BCUT2D eigenvalue weighted by atomic mass is 79.9. The van der Waals surface area contributed by atoms with Crippen molar-refractivity contribution < 1.29 is 4.74 Å². The molecule has 1 aromatic carbocycles. The standard InChI is InChI=1S/C18H29BrO/c1-2-20-18-15-11-10-14-17(18)13-9-7-5-3-4-6-8-12-16-19/h10-11,14-15H,2-9,12-13,16H2,1H3. The molecule has 0 fully saturated rings. The van der Waals surface area contributed by atoms with Crippen LogP contribution in [-0.2, 0) is 6.42 Å². The highest BCUT2D eigenvalue weighted by Gasteiger charge is 2.01. The lowest BCUT2D eigenvalue weighted by atomic mass is 10.0. The molecule has 20 heavy (non-hydrogen) atoms. The Morgan fingerprint density at radius 3 is 2.10 bits per heavy atom. The van der Waals surface area contributed by atoms with Crippen molar-refractivity contribution in [3.8, 4) is 5.75 Å². The van der Waals surface area contributed by atoms with E-state index in [0.717, 1.165) is 24.1 Å². The summed E-state index contributed by atoms with van der Waals surface area (Å²) in [5.74, 6) is 1.07. The summed E-state index contributed by atoms with van der Waals surface area (Å²) in [4.78, 5) is 0. The minimum atomic E-state index is 0.755. The number of unbranched alkanes of at least 4 members (excludes halogenated alkanes) is 7. The lowest BCUT2D eigenvalue weighted by Crippen LogP contribution is -1.96. The molecule has 0 saturated carbocycles. The quantitative estimate of drug-likeness (QED) is 0.327. The lowest BCUT2D eigenvalue weighted by Gasteiger charge is -2.09. The average Bonchev–Trinajstić information content (AvgIpc) is 2.47. The smallest absolute Gasteiger partial charge is 0.122 e. The fourth-order valence-corrected chi connectivity index (χ4v) is 2.87. The van der Waals surface area contributed by atoms with Crippen LogP contribution >= 0.6 is 15.9 Å². The minimum absolute atomic E-state index is 0.755. The van der Waals surface area contributed by atoms with Crippen molar-refractivity contribution in [3.63, 3.8) is 0 Å². The van der Waals surface area contributed by atoms with E-state index in [1.165, 1.54) is 56.9 Å². The van der Waals surface area contributed by atoms with Crippen molar-refractivity contribution in [1.82, 2.24) is 0 Å². The highest BCUT2D eigenvalue weighted by Crippen LogP contribution is 2.20. The molecular formula is C18H29BrO. The van der Waals surface area contributed by atoms with Gasteiger partial charge in [-0.25, -0.2) is 0 Å². The van der Waals surface area contributed by atoms with Gasteiger partial charge in [0, 0.05) is 5.33 Å². The van der Waals surface area contributed by atoms with Crippen LogP contribution < -0.4 is 4.74 Å². The molecule has 1 rings (SSSR count). The third kappa shape index (κ3) is 7.94. The van der Waals surface area contributed by atoms with Crippen LogP contribution in [0.1, 0.15) is 63.9 Å². The van der Waals surface area contributed by atoms with Gasteiger partial charge in [0.2, 0.25) is 0 Å². The maximum absolute atomic E-state index is 5.67. The van der Waals surface area contributed by atoms with E-state index >= 15 is 0 Å². The minimum Gasteiger partial charge on any atom is -0.494 e. The van der Waals surface area contributed by atoms with Gasteiger partial charge in [-0.2, -0.15) is 0 Å². The molecule has 0 aliphatic carbocycles. The van der Waals surface area contributed by atoms with Gasteiger partial charge in [-0.3, -0.25) is 0 Å². The van der Waals surface area contributed by atoms with Crippen molar-refractivity contribution in [1.29, 1.82) is 0 Å². The highest BCUT2D eigenvalue weighted by molar-refractivity contribution is 9.09. The molecule has 114 valence electrons. The van der Waals surface area contributed by atoms with Gasteiger partial charge in [0.05, 0.1) is 6.61 Å². The van der Waals surface area contributed by atoms with Crippen molar-refractivity contribution >= 4 is 15.9 Å². The first-order valence-electron chi connectivity index (χ1n) is 8.15. The molecule has 0 heterocycles. The second-order valence-corrected chi connectivity index (χ2v) is 6.10. The molecule has 0 spiro atoms. The first-order valence-corrected chi connectivity index (χ1v) is 9.27. The van der Waals surface area contributed by atoms with E-state index in [1.54, 1.807) is 0 Å². The summed E-state index contributed by atoms with van der Waals surface area (Å²) in [6, 6.07) is 8.46. The van der Waals surface area contributed by atoms with Crippen LogP contribution in [0.3, 0.4) is 0 Å². The summed E-state index contributed by atoms with van der Waals surface area (Å²) in [7, 11) is 0. The van der Waals surface area contributed by atoms with E-state index in [-0.39, 0.29) is 0 Å². The van der Waals surface area contributed by atoms with E-state index < -0.39 is 0 Å². The van der Waals surface area contributed by atoms with Gasteiger partial charge in [0.15, 0.2) is 0 Å². The molecule has 0 saturated heterocycles. The molecule has 1 aromatic rings. The molecule has 0 aliphatic heterocycles. The molecule has 0 radical (unpaired) electrons. The first kappa shape index (κ1) is 17.6. The third-order valence-electron chi connectivity index (χ3n) is 3.60. The maximum Gasteiger partial charge on any atom is 0.122 e. The number of alkyl halides is 1. The molecule has 0 atom stereocenters. The first-order chi connectivity index (χ1) is 9.88. The van der Waals surface area contributed by atoms with Crippen LogP contribution in [0.2, 0.25) is 0 Å². The Bertz CT molecular complexity index is 338. The van der Waals surface area contributed by atoms with Gasteiger partial charge in [-0.15, -0.1) is 0 Å². The van der Waals surface area contributed by atoms with Crippen LogP contribution in [0.5, 0.6) is 5.75 Å². The summed E-state index contributed by atoms with van der Waals surface area (Å²) in [5, 5.41) is 1.16. The zero-order chi connectivity index (χ0) is 14.5. The Balaban J connectivity index is 2.06. The molecule has 0 unspecified atom stereocenters. The molecule has 0 N–H and O–H groups in total. The Morgan fingerprint density at radius 2 is 1.45 bits per heavy atom. The van der Waals surface area contributed by atoms with Crippen molar-refractivity contribution in [3.05, 3.63) is 29.8 Å². The largest absolute Gasteiger partial charge is 0.494 e. The van der Waals surface area contributed by atoms with Crippen LogP contribution in [0.15, 0.2) is 24.3 Å². The molecule has 0 bridgehead atoms. The zero-order valence-corrected chi connectivity index (χ0v) is 14.5. The lowest BCUT2D eigenvalue weighted by molar-refractivity contribution is 0.336. The van der Waals surface area contributed by atoms with Gasteiger partial charge in [0.25, 0.3) is 0 Å². The Kier molecular flexibility index (Phi) is 10.8. The van der Waals surface area contributed by atoms with Gasteiger partial charge < -0.3 is 4.74 Å². The summed E-state index contributed by atoms with van der Waals surface area (Å²) >= 11 is 3.48. The van der Waals surface area contributed by atoms with E-state index in [9.17, 15) is 0 Å². The number of rotatable bonds is 12. The van der Waals surface area contributed by atoms with Crippen molar-refractivity contribution in [2.75, 3.05) is 11.9 Å². The van der Waals surface area contributed by atoms with Crippen LogP contribution in [0, 0.1) is 0 Å². The number of ether oxygens (including phenoxy) is 1. The monoisotopic (exact) mass is 340 g/mol. The molecule has 0 aliphatic rings. The average molecular weight is 341 g/mol. The summed E-state index contributed by atoms with van der Waals surface area (Å²) in [6.45, 7) is 2.80. The molecule has 1 nitrogen and oxygen atoms in total. The second-order valence-electron chi connectivity index (χ2n) is 5.31. The molecule has 0 amide bonds. The van der Waals surface area contributed by atoms with Crippen LogP contribution in [-0.4, -0.2) is 11.9 Å². The van der Waals surface area contributed by atoms with Crippen molar-refractivity contribution in [2.45, 2.75) is 64.7 Å². The topological polar surface area (TPSA) is 9.23 Å². The summed E-state index contributed by atoms with van der Waals surface area (Å²) in [6.07, 6.45) is 12.1. The van der Waals surface area contributed by atoms with Gasteiger partial charge in [0.1, 0.15) is 5.75 Å². The number of benzene rings is 1. The molecule has 2 heteroatoms. The Morgan fingerprint density at radius 1 is 0.850 bits per heavy atom. The number of para-hydroxylation sites is 1. The van der Waals surface area contributed by atoms with Crippen molar-refractivity contribution in [2.24, 2.45) is 0 Å². The van der Waals surface area contributed by atoms with Gasteiger partial charge in [-0.1, -0.05) is 72.7 Å². The predicted molar refractivity (Wildman–Crippen MR) is 92.0 cm³/mol. The van der Waals surface area contributed by atoms with Crippen LogP contribution in [0.4, 0.5) is 0 Å². The van der Waals surface area contributed by atoms with E-state index in [4.69, 9.17) is 4.74 Å². The Hall–Kier alpha value is -0.500.